The summed E-state index contributed by atoms with van der Waals surface area (Å²) >= 11 is 1.58. The van der Waals surface area contributed by atoms with Crippen molar-refractivity contribution in [2.75, 3.05) is 20.1 Å². The molecule has 0 aromatic heterocycles. The van der Waals surface area contributed by atoms with Crippen LogP contribution in [0, 0.1) is 0 Å². The Labute approximate surface area is 94.8 Å². The van der Waals surface area contributed by atoms with Gasteiger partial charge in [0.05, 0.1) is 5.25 Å². The molecule has 1 fully saturated rings. The van der Waals surface area contributed by atoms with E-state index in [-0.39, 0.29) is 17.1 Å². The summed E-state index contributed by atoms with van der Waals surface area (Å²) < 4.78 is 0. The van der Waals surface area contributed by atoms with Crippen molar-refractivity contribution in [1.29, 1.82) is 0 Å². The lowest BCUT2D eigenvalue weighted by Gasteiger charge is -2.15. The Kier molecular flexibility index (Phi) is 4.60. The number of likely N-dealkylation sites (N-methyl/N-ethyl adjacent to an activating group) is 1. The molecule has 0 spiro atoms. The first-order chi connectivity index (χ1) is 7.06. The molecular weight excluding hydrogens is 212 g/mol. The zero-order valence-electron chi connectivity index (χ0n) is 9.45. The second-order valence-electron chi connectivity index (χ2n) is 3.86. The lowest BCUT2D eigenvalue weighted by atomic mass is 10.4. The van der Waals surface area contributed by atoms with Crippen LogP contribution < -0.4 is 5.32 Å². The van der Waals surface area contributed by atoms with Crippen LogP contribution in [-0.4, -0.2) is 47.4 Å². The summed E-state index contributed by atoms with van der Waals surface area (Å²) in [5, 5.41) is 3.17. The first-order valence-corrected chi connectivity index (χ1v) is 6.14. The smallest absolute Gasteiger partial charge is 0.242 e. The summed E-state index contributed by atoms with van der Waals surface area (Å²) in [5.74, 6) is -0.0534. The molecule has 1 N–H and O–H groups in total. The SMILES string of the molecule is CNCCN1C(=O)CC(SC(C)C)C1=O. The van der Waals surface area contributed by atoms with Crippen LogP contribution in [0.3, 0.4) is 0 Å². The van der Waals surface area contributed by atoms with Gasteiger partial charge in [0.2, 0.25) is 11.8 Å². The van der Waals surface area contributed by atoms with E-state index < -0.39 is 0 Å². The fraction of sp³-hybridized carbons (Fsp3) is 0.800. The van der Waals surface area contributed by atoms with E-state index in [1.54, 1.807) is 11.8 Å². The van der Waals surface area contributed by atoms with Gasteiger partial charge in [-0.05, 0) is 12.3 Å². The molecule has 1 heterocycles. The second kappa shape index (κ2) is 5.51. The van der Waals surface area contributed by atoms with Crippen LogP contribution >= 0.6 is 11.8 Å². The van der Waals surface area contributed by atoms with E-state index in [0.717, 1.165) is 0 Å². The number of carbonyl (C=O) groups is 2. The van der Waals surface area contributed by atoms with Crippen LogP contribution in [-0.2, 0) is 9.59 Å². The first kappa shape index (κ1) is 12.5. The van der Waals surface area contributed by atoms with E-state index in [9.17, 15) is 9.59 Å². The van der Waals surface area contributed by atoms with Crippen LogP contribution in [0.2, 0.25) is 0 Å². The number of nitrogens with zero attached hydrogens (tertiary/aromatic N) is 1. The lowest BCUT2D eigenvalue weighted by Crippen LogP contribution is -2.36. The second-order valence-corrected chi connectivity index (χ2v) is 5.65. The predicted molar refractivity (Wildman–Crippen MR) is 61.8 cm³/mol. The van der Waals surface area contributed by atoms with Crippen LogP contribution in [0.1, 0.15) is 20.3 Å². The molecule has 0 saturated carbocycles. The van der Waals surface area contributed by atoms with E-state index in [4.69, 9.17) is 0 Å². The zero-order chi connectivity index (χ0) is 11.4. The zero-order valence-corrected chi connectivity index (χ0v) is 10.3. The highest BCUT2D eigenvalue weighted by Crippen LogP contribution is 2.27. The Bertz CT molecular complexity index is 256. The molecule has 4 nitrogen and oxygen atoms in total. The van der Waals surface area contributed by atoms with E-state index in [1.165, 1.54) is 4.90 Å². The standard InChI is InChI=1S/C10H18N2O2S/c1-7(2)15-8-6-9(13)12(10(8)14)5-4-11-3/h7-8,11H,4-6H2,1-3H3. The van der Waals surface area contributed by atoms with Crippen molar-refractivity contribution >= 4 is 23.6 Å². The van der Waals surface area contributed by atoms with E-state index >= 15 is 0 Å². The molecule has 1 aliphatic rings. The first-order valence-electron chi connectivity index (χ1n) is 5.20. The van der Waals surface area contributed by atoms with Gasteiger partial charge in [0.15, 0.2) is 0 Å². The summed E-state index contributed by atoms with van der Waals surface area (Å²) in [7, 11) is 1.81. The Morgan fingerprint density at radius 2 is 2.20 bits per heavy atom. The van der Waals surface area contributed by atoms with Crippen molar-refractivity contribution in [2.24, 2.45) is 0 Å². The molecule has 0 radical (unpaired) electrons. The molecule has 0 aromatic carbocycles. The van der Waals surface area contributed by atoms with Crippen LogP contribution in [0.25, 0.3) is 0 Å². The van der Waals surface area contributed by atoms with Gasteiger partial charge in [0.1, 0.15) is 0 Å². The molecule has 1 rings (SSSR count). The quantitative estimate of drug-likeness (QED) is 0.698. The van der Waals surface area contributed by atoms with Gasteiger partial charge >= 0.3 is 0 Å². The van der Waals surface area contributed by atoms with Crippen molar-refractivity contribution in [2.45, 2.75) is 30.8 Å². The van der Waals surface area contributed by atoms with Crippen LogP contribution in [0.5, 0.6) is 0 Å². The summed E-state index contributed by atoms with van der Waals surface area (Å²) in [6.45, 7) is 5.23. The van der Waals surface area contributed by atoms with Gasteiger partial charge in [-0.3, -0.25) is 14.5 Å². The lowest BCUT2D eigenvalue weighted by molar-refractivity contribution is -0.138. The van der Waals surface area contributed by atoms with Gasteiger partial charge in [-0.2, -0.15) is 0 Å². The number of nitrogens with one attached hydrogen (secondary N) is 1. The highest BCUT2D eigenvalue weighted by atomic mass is 32.2. The third-order valence-corrected chi connectivity index (χ3v) is 3.47. The number of rotatable bonds is 5. The van der Waals surface area contributed by atoms with Gasteiger partial charge in [-0.15, -0.1) is 11.8 Å². The molecule has 1 saturated heterocycles. The fourth-order valence-corrected chi connectivity index (χ4v) is 2.69. The maximum Gasteiger partial charge on any atom is 0.242 e. The molecule has 2 amide bonds. The van der Waals surface area contributed by atoms with E-state index in [2.05, 4.69) is 5.32 Å². The molecule has 86 valence electrons. The predicted octanol–water partition coefficient (Wildman–Crippen LogP) is 0.475. The van der Waals surface area contributed by atoms with E-state index in [1.807, 2.05) is 20.9 Å². The highest BCUT2D eigenvalue weighted by molar-refractivity contribution is 8.01. The van der Waals surface area contributed by atoms with Gasteiger partial charge < -0.3 is 5.32 Å². The fourth-order valence-electron chi connectivity index (χ4n) is 1.55. The minimum Gasteiger partial charge on any atom is -0.318 e. The summed E-state index contributed by atoms with van der Waals surface area (Å²) in [6, 6.07) is 0. The van der Waals surface area contributed by atoms with Crippen LogP contribution in [0.4, 0.5) is 0 Å². The Balaban J connectivity index is 2.54. The summed E-state index contributed by atoms with van der Waals surface area (Å²) in [5.41, 5.74) is 0. The van der Waals surface area contributed by atoms with Gasteiger partial charge in [0, 0.05) is 19.5 Å². The molecule has 5 heteroatoms. The molecule has 1 aliphatic heterocycles. The van der Waals surface area contributed by atoms with Gasteiger partial charge in [0.25, 0.3) is 0 Å². The Morgan fingerprint density at radius 1 is 1.53 bits per heavy atom. The molecule has 0 bridgehead atoms. The molecule has 0 aliphatic carbocycles. The minimum absolute atomic E-state index is 0.0195. The van der Waals surface area contributed by atoms with Crippen molar-refractivity contribution < 1.29 is 9.59 Å². The van der Waals surface area contributed by atoms with Crippen molar-refractivity contribution in [3.8, 4) is 0 Å². The van der Waals surface area contributed by atoms with Crippen molar-refractivity contribution in [1.82, 2.24) is 10.2 Å². The average Bonchev–Trinajstić information content (AvgIpc) is 2.39. The maximum atomic E-state index is 11.8. The number of likely N-dealkylation sites (tertiary alicyclic amines) is 1. The Morgan fingerprint density at radius 3 is 2.73 bits per heavy atom. The third-order valence-electron chi connectivity index (χ3n) is 2.22. The summed E-state index contributed by atoms with van der Waals surface area (Å²) in [4.78, 5) is 24.7. The van der Waals surface area contributed by atoms with Gasteiger partial charge in [-0.1, -0.05) is 13.8 Å². The molecular formula is C10H18N2O2S. The number of thioether (sulfide) groups is 1. The monoisotopic (exact) mass is 230 g/mol. The van der Waals surface area contributed by atoms with Crippen molar-refractivity contribution in [3.05, 3.63) is 0 Å². The normalized spacial score (nSPS) is 21.9. The molecule has 1 unspecified atom stereocenters. The van der Waals surface area contributed by atoms with Crippen molar-refractivity contribution in [3.63, 3.8) is 0 Å². The average molecular weight is 230 g/mol. The third kappa shape index (κ3) is 3.21. The van der Waals surface area contributed by atoms with E-state index in [0.29, 0.717) is 24.8 Å². The Hall–Kier alpha value is -0.550. The molecule has 1 atom stereocenters. The summed E-state index contributed by atoms with van der Waals surface area (Å²) in [6.07, 6.45) is 0.366. The molecule has 15 heavy (non-hydrogen) atoms. The molecule has 0 aromatic rings. The topological polar surface area (TPSA) is 49.4 Å². The number of amides is 2. The number of carbonyl (C=O) groups excluding carboxylic acids is 2. The number of imide groups is 1. The van der Waals surface area contributed by atoms with Crippen LogP contribution in [0.15, 0.2) is 0 Å². The van der Waals surface area contributed by atoms with Gasteiger partial charge in [-0.25, -0.2) is 0 Å². The number of hydrogen-bond acceptors (Lipinski definition) is 4. The minimum atomic E-state index is -0.158. The highest BCUT2D eigenvalue weighted by Gasteiger charge is 2.38. The maximum absolute atomic E-state index is 11.8. The largest absolute Gasteiger partial charge is 0.318 e. The number of hydrogen-bond donors (Lipinski definition) is 1.